The minimum atomic E-state index is -0.585. The van der Waals surface area contributed by atoms with Crippen LogP contribution < -0.4 is 16.0 Å². The minimum Gasteiger partial charge on any atom is -0.474 e. The average molecular weight is 241 g/mol. The Labute approximate surface area is 99.0 Å². The number of aromatic nitrogens is 2. The predicted octanol–water partition coefficient (Wildman–Crippen LogP) is 0.374. The Hall–Kier alpha value is -1.47. The quantitative estimate of drug-likeness (QED) is 0.553. The fourth-order valence-corrected chi connectivity index (χ4v) is 1.51. The van der Waals surface area contributed by atoms with Crippen LogP contribution in [0.1, 0.15) is 12.8 Å². The molecule has 0 atom stereocenters. The maximum absolute atomic E-state index is 13.3. The van der Waals surface area contributed by atoms with Crippen molar-refractivity contribution in [3.05, 3.63) is 12.0 Å². The normalized spacial score (nSPS) is 15.1. The Bertz CT molecular complexity index is 385. The first-order chi connectivity index (χ1) is 8.20. The van der Waals surface area contributed by atoms with Crippen LogP contribution in [0.3, 0.4) is 0 Å². The number of rotatable bonds is 6. The number of hydrogen-bond acceptors (Lipinski definition) is 6. The maximum Gasteiger partial charge on any atom is 0.255 e. The van der Waals surface area contributed by atoms with Crippen LogP contribution in [0.2, 0.25) is 0 Å². The van der Waals surface area contributed by atoms with Crippen molar-refractivity contribution in [3.8, 4) is 5.88 Å². The number of nitrogens with zero attached hydrogens (tertiary/aromatic N) is 3. The molecule has 0 amide bonds. The zero-order valence-corrected chi connectivity index (χ0v) is 9.69. The van der Waals surface area contributed by atoms with Gasteiger partial charge in [-0.1, -0.05) is 0 Å². The number of nitrogen functional groups attached to an aromatic ring is 1. The van der Waals surface area contributed by atoms with Gasteiger partial charge in [-0.05, 0) is 19.9 Å². The van der Waals surface area contributed by atoms with Crippen LogP contribution in [-0.4, -0.2) is 41.1 Å². The molecule has 2 rings (SSSR count). The van der Waals surface area contributed by atoms with Crippen molar-refractivity contribution in [2.45, 2.75) is 18.9 Å². The first-order valence-corrected chi connectivity index (χ1v) is 5.53. The molecule has 0 aliphatic heterocycles. The third-order valence-electron chi connectivity index (χ3n) is 2.69. The Morgan fingerprint density at radius 1 is 1.65 bits per heavy atom. The smallest absolute Gasteiger partial charge is 0.255 e. The van der Waals surface area contributed by atoms with Gasteiger partial charge in [-0.15, -0.1) is 0 Å². The first-order valence-electron chi connectivity index (χ1n) is 5.53. The van der Waals surface area contributed by atoms with Crippen molar-refractivity contribution in [1.29, 1.82) is 0 Å². The molecule has 0 spiro atoms. The first kappa shape index (κ1) is 12.0. The lowest BCUT2D eigenvalue weighted by Crippen LogP contribution is -2.26. The predicted molar refractivity (Wildman–Crippen MR) is 60.9 cm³/mol. The van der Waals surface area contributed by atoms with Gasteiger partial charge in [-0.3, -0.25) is 5.43 Å². The van der Waals surface area contributed by atoms with Gasteiger partial charge in [0.1, 0.15) is 6.61 Å². The van der Waals surface area contributed by atoms with E-state index in [4.69, 9.17) is 10.6 Å². The second kappa shape index (κ2) is 5.24. The fourth-order valence-electron chi connectivity index (χ4n) is 1.51. The van der Waals surface area contributed by atoms with E-state index in [-0.39, 0.29) is 11.8 Å². The van der Waals surface area contributed by atoms with E-state index in [1.54, 1.807) is 0 Å². The van der Waals surface area contributed by atoms with Crippen molar-refractivity contribution in [1.82, 2.24) is 14.9 Å². The number of anilines is 1. The van der Waals surface area contributed by atoms with E-state index in [1.165, 1.54) is 12.8 Å². The van der Waals surface area contributed by atoms with E-state index in [2.05, 4.69) is 20.3 Å². The van der Waals surface area contributed by atoms with Gasteiger partial charge in [-0.25, -0.2) is 10.8 Å². The number of hydrogen-bond donors (Lipinski definition) is 2. The summed E-state index contributed by atoms with van der Waals surface area (Å²) in [6, 6.07) is 0.662. The average Bonchev–Trinajstić information content (AvgIpc) is 3.15. The largest absolute Gasteiger partial charge is 0.474 e. The van der Waals surface area contributed by atoms with Gasteiger partial charge in [0.15, 0.2) is 0 Å². The molecule has 6 nitrogen and oxygen atoms in total. The molecule has 1 aliphatic carbocycles. The summed E-state index contributed by atoms with van der Waals surface area (Å²) < 4.78 is 18.5. The number of hydrazine groups is 1. The lowest BCUT2D eigenvalue weighted by atomic mass is 10.5. The summed E-state index contributed by atoms with van der Waals surface area (Å²) in [5, 5.41) is 0. The van der Waals surface area contributed by atoms with E-state index >= 15 is 0 Å². The Kier molecular flexibility index (Phi) is 3.70. The number of likely N-dealkylation sites (N-methyl/N-ethyl adjacent to an activating group) is 1. The molecule has 0 radical (unpaired) electrons. The van der Waals surface area contributed by atoms with Crippen molar-refractivity contribution in [2.75, 3.05) is 25.6 Å². The Morgan fingerprint density at radius 2 is 2.41 bits per heavy atom. The van der Waals surface area contributed by atoms with Crippen LogP contribution in [0.25, 0.3) is 0 Å². The molecule has 1 aliphatic rings. The molecule has 1 saturated carbocycles. The lowest BCUT2D eigenvalue weighted by Gasteiger charge is -2.15. The molecule has 1 heterocycles. The van der Waals surface area contributed by atoms with Gasteiger partial charge in [-0.2, -0.15) is 9.37 Å². The number of ether oxygens (including phenoxy) is 1. The van der Waals surface area contributed by atoms with E-state index in [0.29, 0.717) is 12.6 Å². The standard InChI is InChI=1S/C10H16FN5O/c1-16(7-2-3-7)4-5-17-9-8(11)6-13-10(14-9)15-12/h6-7H,2-5,12H2,1H3,(H,13,14,15). The zero-order valence-electron chi connectivity index (χ0n) is 9.69. The van der Waals surface area contributed by atoms with Crippen LogP contribution in [0.15, 0.2) is 6.20 Å². The van der Waals surface area contributed by atoms with Crippen LogP contribution in [0.4, 0.5) is 10.3 Å². The molecule has 1 aromatic rings. The molecular weight excluding hydrogens is 225 g/mol. The highest BCUT2D eigenvalue weighted by atomic mass is 19.1. The Morgan fingerprint density at radius 3 is 3.06 bits per heavy atom. The van der Waals surface area contributed by atoms with Crippen LogP contribution in [-0.2, 0) is 0 Å². The van der Waals surface area contributed by atoms with Gasteiger partial charge in [0.25, 0.3) is 5.88 Å². The number of halogens is 1. The second-order valence-electron chi connectivity index (χ2n) is 4.05. The van der Waals surface area contributed by atoms with Crippen molar-refractivity contribution in [3.63, 3.8) is 0 Å². The molecule has 0 saturated heterocycles. The lowest BCUT2D eigenvalue weighted by molar-refractivity contribution is 0.219. The van der Waals surface area contributed by atoms with Gasteiger partial charge in [0.2, 0.25) is 11.8 Å². The fraction of sp³-hybridized carbons (Fsp3) is 0.600. The van der Waals surface area contributed by atoms with Crippen molar-refractivity contribution >= 4 is 5.95 Å². The van der Waals surface area contributed by atoms with E-state index in [0.717, 1.165) is 12.7 Å². The van der Waals surface area contributed by atoms with Gasteiger partial charge in [0.05, 0.1) is 6.20 Å². The van der Waals surface area contributed by atoms with Crippen molar-refractivity contribution < 1.29 is 9.13 Å². The van der Waals surface area contributed by atoms with E-state index in [1.807, 2.05) is 7.05 Å². The molecule has 94 valence electrons. The molecule has 1 fully saturated rings. The highest BCUT2D eigenvalue weighted by molar-refractivity contribution is 5.26. The van der Waals surface area contributed by atoms with Crippen LogP contribution >= 0.6 is 0 Å². The van der Waals surface area contributed by atoms with E-state index in [9.17, 15) is 4.39 Å². The Balaban J connectivity index is 1.84. The van der Waals surface area contributed by atoms with Gasteiger partial charge >= 0.3 is 0 Å². The van der Waals surface area contributed by atoms with Gasteiger partial charge in [0, 0.05) is 12.6 Å². The molecule has 17 heavy (non-hydrogen) atoms. The third kappa shape index (κ3) is 3.24. The summed E-state index contributed by atoms with van der Waals surface area (Å²) in [4.78, 5) is 9.61. The molecule has 0 unspecified atom stereocenters. The monoisotopic (exact) mass is 241 g/mol. The molecule has 0 bridgehead atoms. The summed E-state index contributed by atoms with van der Waals surface area (Å²) >= 11 is 0. The van der Waals surface area contributed by atoms with Crippen LogP contribution in [0.5, 0.6) is 5.88 Å². The molecule has 7 heteroatoms. The third-order valence-corrected chi connectivity index (χ3v) is 2.69. The summed E-state index contributed by atoms with van der Waals surface area (Å²) in [5.74, 6) is 4.61. The highest BCUT2D eigenvalue weighted by Gasteiger charge is 2.25. The maximum atomic E-state index is 13.3. The number of nitrogens with one attached hydrogen (secondary N) is 1. The second-order valence-corrected chi connectivity index (χ2v) is 4.05. The summed E-state index contributed by atoms with van der Waals surface area (Å²) in [6.45, 7) is 1.14. The topological polar surface area (TPSA) is 76.3 Å². The molecular formula is C10H16FN5O. The van der Waals surface area contributed by atoms with Crippen molar-refractivity contribution in [2.24, 2.45) is 5.84 Å². The van der Waals surface area contributed by atoms with Crippen LogP contribution in [0, 0.1) is 5.82 Å². The summed E-state index contributed by atoms with van der Waals surface area (Å²) in [5.41, 5.74) is 2.24. The highest BCUT2D eigenvalue weighted by Crippen LogP contribution is 2.24. The summed E-state index contributed by atoms with van der Waals surface area (Å²) in [7, 11) is 2.03. The summed E-state index contributed by atoms with van der Waals surface area (Å²) in [6.07, 6.45) is 3.50. The van der Waals surface area contributed by atoms with Gasteiger partial charge < -0.3 is 9.64 Å². The SMILES string of the molecule is CN(CCOc1nc(NN)ncc1F)C1CC1. The molecule has 0 aromatic carbocycles. The number of nitrogens with two attached hydrogens (primary N) is 1. The molecule has 3 N–H and O–H groups in total. The zero-order chi connectivity index (χ0) is 12.3. The molecule has 1 aromatic heterocycles. The van der Waals surface area contributed by atoms with E-state index < -0.39 is 5.82 Å². The minimum absolute atomic E-state index is 0.0721.